The van der Waals surface area contributed by atoms with Crippen LogP contribution in [0.1, 0.15) is 69.9 Å². The highest BCUT2D eigenvalue weighted by molar-refractivity contribution is 5.34. The van der Waals surface area contributed by atoms with Crippen molar-refractivity contribution in [3.63, 3.8) is 0 Å². The van der Waals surface area contributed by atoms with E-state index in [1.807, 2.05) is 6.07 Å². The van der Waals surface area contributed by atoms with E-state index in [1.165, 1.54) is 56.1 Å². The molecule has 0 saturated heterocycles. The average molecular weight is 300 g/mol. The average Bonchev–Trinajstić information content (AvgIpc) is 2.85. The molecule has 1 heteroatoms. The zero-order valence-corrected chi connectivity index (χ0v) is 14.6. The molecule has 1 aromatic carbocycles. The van der Waals surface area contributed by atoms with Crippen molar-refractivity contribution in [1.82, 2.24) is 0 Å². The number of phenolic OH excluding ortho intramolecular Hbond substituents is 1. The molecule has 3 rings (SSSR count). The van der Waals surface area contributed by atoms with Gasteiger partial charge in [0.15, 0.2) is 0 Å². The number of benzene rings is 1. The van der Waals surface area contributed by atoms with E-state index in [9.17, 15) is 5.11 Å². The lowest BCUT2D eigenvalue weighted by atomic mass is 9.60. The minimum Gasteiger partial charge on any atom is -0.508 e. The van der Waals surface area contributed by atoms with Crippen LogP contribution in [0.15, 0.2) is 18.2 Å². The Morgan fingerprint density at radius 1 is 1.23 bits per heavy atom. The van der Waals surface area contributed by atoms with Crippen LogP contribution in [0.25, 0.3) is 0 Å². The van der Waals surface area contributed by atoms with Crippen molar-refractivity contribution in [2.24, 2.45) is 23.2 Å². The second-order valence-corrected chi connectivity index (χ2v) is 8.10. The van der Waals surface area contributed by atoms with E-state index in [1.54, 1.807) is 6.07 Å². The first-order valence-electron chi connectivity index (χ1n) is 9.33. The summed E-state index contributed by atoms with van der Waals surface area (Å²) in [7, 11) is 0. The summed E-state index contributed by atoms with van der Waals surface area (Å²) < 4.78 is 0. The van der Waals surface area contributed by atoms with Crippen molar-refractivity contribution in [2.45, 2.75) is 72.1 Å². The first kappa shape index (κ1) is 15.9. The normalized spacial score (nSPS) is 34.6. The highest BCUT2D eigenvalue weighted by atomic mass is 16.3. The van der Waals surface area contributed by atoms with Crippen LogP contribution in [0.4, 0.5) is 0 Å². The molecule has 0 aromatic heterocycles. The molecule has 2 aliphatic carbocycles. The molecule has 1 nitrogen and oxygen atoms in total. The summed E-state index contributed by atoms with van der Waals surface area (Å²) in [6, 6.07) is 5.83. The maximum absolute atomic E-state index is 9.73. The molecular weight excluding hydrogens is 268 g/mol. The third kappa shape index (κ3) is 2.79. The lowest BCUT2D eigenvalue weighted by Gasteiger charge is -2.45. The summed E-state index contributed by atoms with van der Waals surface area (Å²) in [5.74, 6) is 3.23. The molecule has 1 N–H and O–H groups in total. The van der Waals surface area contributed by atoms with Crippen LogP contribution in [0.3, 0.4) is 0 Å². The first-order chi connectivity index (χ1) is 10.5. The van der Waals surface area contributed by atoms with Gasteiger partial charge in [-0.25, -0.2) is 0 Å². The van der Waals surface area contributed by atoms with Crippen molar-refractivity contribution in [3.8, 4) is 5.75 Å². The predicted octanol–water partition coefficient (Wildman–Crippen LogP) is 5.88. The highest BCUT2D eigenvalue weighted by Crippen LogP contribution is 2.59. The zero-order valence-electron chi connectivity index (χ0n) is 14.6. The molecule has 4 unspecified atom stereocenters. The number of aryl methyl sites for hydroxylation is 2. The Morgan fingerprint density at radius 2 is 2.05 bits per heavy atom. The van der Waals surface area contributed by atoms with Crippen LogP contribution >= 0.6 is 0 Å². The number of aromatic hydroxyl groups is 1. The van der Waals surface area contributed by atoms with Gasteiger partial charge in [-0.3, -0.25) is 0 Å². The molecule has 0 aliphatic heterocycles. The summed E-state index contributed by atoms with van der Waals surface area (Å²) in [6.45, 7) is 7.14. The quantitative estimate of drug-likeness (QED) is 0.736. The smallest absolute Gasteiger partial charge is 0.115 e. The topological polar surface area (TPSA) is 20.2 Å². The largest absolute Gasteiger partial charge is 0.508 e. The molecule has 2 fully saturated rings. The molecule has 0 radical (unpaired) electrons. The molecular formula is C21H32O. The van der Waals surface area contributed by atoms with Gasteiger partial charge in [-0.05, 0) is 85.5 Å². The Morgan fingerprint density at radius 3 is 2.82 bits per heavy atom. The minimum absolute atomic E-state index is 0.418. The molecule has 122 valence electrons. The predicted molar refractivity (Wildman–Crippen MR) is 93.1 cm³/mol. The van der Waals surface area contributed by atoms with Crippen molar-refractivity contribution in [3.05, 3.63) is 29.3 Å². The maximum atomic E-state index is 9.73. The van der Waals surface area contributed by atoms with Crippen LogP contribution < -0.4 is 0 Å². The number of rotatable bonds is 4. The number of phenols is 1. The molecule has 2 saturated carbocycles. The number of hydrogen-bond donors (Lipinski definition) is 1. The van der Waals surface area contributed by atoms with E-state index in [2.05, 4.69) is 26.8 Å². The summed E-state index contributed by atoms with van der Waals surface area (Å²) in [6.07, 6.45) is 11.0. The SMILES string of the molecule is CCC1CCC2C(CCc3cc(O)ccc3C)CCCC12C. The summed E-state index contributed by atoms with van der Waals surface area (Å²) in [4.78, 5) is 0. The third-order valence-electron chi connectivity index (χ3n) is 7.08. The van der Waals surface area contributed by atoms with Gasteiger partial charge in [-0.1, -0.05) is 39.2 Å². The lowest BCUT2D eigenvalue weighted by molar-refractivity contribution is 0.0463. The third-order valence-corrected chi connectivity index (χ3v) is 7.08. The van der Waals surface area contributed by atoms with Crippen molar-refractivity contribution < 1.29 is 5.11 Å². The Bertz CT molecular complexity index is 521. The van der Waals surface area contributed by atoms with Gasteiger partial charge in [-0.15, -0.1) is 0 Å². The molecule has 1 aromatic rings. The van der Waals surface area contributed by atoms with Crippen LogP contribution in [-0.4, -0.2) is 5.11 Å². The molecule has 4 atom stereocenters. The van der Waals surface area contributed by atoms with Gasteiger partial charge < -0.3 is 5.11 Å². The summed E-state index contributed by atoms with van der Waals surface area (Å²) in [5, 5.41) is 9.73. The second kappa shape index (κ2) is 6.26. The fourth-order valence-corrected chi connectivity index (χ4v) is 5.74. The second-order valence-electron chi connectivity index (χ2n) is 8.10. The lowest BCUT2D eigenvalue weighted by Crippen LogP contribution is -2.37. The van der Waals surface area contributed by atoms with Crippen LogP contribution in [0, 0.1) is 30.1 Å². The monoisotopic (exact) mass is 300 g/mol. The van der Waals surface area contributed by atoms with E-state index in [4.69, 9.17) is 0 Å². The van der Waals surface area contributed by atoms with E-state index in [0.717, 1.165) is 24.2 Å². The van der Waals surface area contributed by atoms with E-state index in [0.29, 0.717) is 11.2 Å². The summed E-state index contributed by atoms with van der Waals surface area (Å²) >= 11 is 0. The van der Waals surface area contributed by atoms with Crippen molar-refractivity contribution in [1.29, 1.82) is 0 Å². The van der Waals surface area contributed by atoms with Crippen molar-refractivity contribution in [2.75, 3.05) is 0 Å². The van der Waals surface area contributed by atoms with E-state index in [-0.39, 0.29) is 0 Å². The first-order valence-corrected chi connectivity index (χ1v) is 9.33. The Labute approximate surface area is 136 Å². The minimum atomic E-state index is 0.418. The number of hydrogen-bond acceptors (Lipinski definition) is 1. The van der Waals surface area contributed by atoms with Crippen molar-refractivity contribution >= 4 is 0 Å². The van der Waals surface area contributed by atoms with Gasteiger partial charge >= 0.3 is 0 Å². The van der Waals surface area contributed by atoms with E-state index < -0.39 is 0 Å². The van der Waals surface area contributed by atoms with Crippen LogP contribution in [0.2, 0.25) is 0 Å². The maximum Gasteiger partial charge on any atom is 0.115 e. The molecule has 0 spiro atoms. The highest BCUT2D eigenvalue weighted by Gasteiger charge is 2.49. The van der Waals surface area contributed by atoms with E-state index >= 15 is 0 Å². The summed E-state index contributed by atoms with van der Waals surface area (Å²) in [5.41, 5.74) is 3.29. The fourth-order valence-electron chi connectivity index (χ4n) is 5.74. The van der Waals surface area contributed by atoms with Gasteiger partial charge in [0.25, 0.3) is 0 Å². The standard InChI is InChI=1S/C21H32O/c1-4-18-10-12-20-16(6-5-13-21(18,20)3)8-9-17-14-19(22)11-7-15(17)2/h7,11,14,16,18,20,22H,4-6,8-10,12-13H2,1-3H3. The fraction of sp³-hybridized carbons (Fsp3) is 0.714. The van der Waals surface area contributed by atoms with Gasteiger partial charge in [0.1, 0.15) is 5.75 Å². The van der Waals surface area contributed by atoms with Gasteiger partial charge in [0.2, 0.25) is 0 Å². The van der Waals surface area contributed by atoms with Crippen LogP contribution in [-0.2, 0) is 6.42 Å². The van der Waals surface area contributed by atoms with Gasteiger partial charge in [-0.2, -0.15) is 0 Å². The Balaban J connectivity index is 1.69. The molecule has 0 bridgehead atoms. The Hall–Kier alpha value is -0.980. The molecule has 2 aliphatic rings. The van der Waals surface area contributed by atoms with Crippen LogP contribution in [0.5, 0.6) is 5.75 Å². The van der Waals surface area contributed by atoms with Gasteiger partial charge in [0.05, 0.1) is 0 Å². The Kier molecular flexibility index (Phi) is 4.52. The molecule has 22 heavy (non-hydrogen) atoms. The van der Waals surface area contributed by atoms with Gasteiger partial charge in [0, 0.05) is 0 Å². The molecule has 0 amide bonds. The molecule has 0 heterocycles. The number of fused-ring (bicyclic) bond motifs is 1. The zero-order chi connectivity index (χ0) is 15.7.